The average Bonchev–Trinajstić information content (AvgIpc) is 3.01. The second kappa shape index (κ2) is 6.58. The summed E-state index contributed by atoms with van der Waals surface area (Å²) in [4.78, 5) is 16.2. The van der Waals surface area contributed by atoms with Gasteiger partial charge in [-0.25, -0.2) is 9.37 Å². The Bertz CT molecular complexity index is 835. The van der Waals surface area contributed by atoms with Crippen molar-refractivity contribution in [3.05, 3.63) is 76.6 Å². The average molecular weight is 331 g/mol. The van der Waals surface area contributed by atoms with Crippen molar-refractivity contribution in [3.8, 4) is 0 Å². The maximum Gasteiger partial charge on any atom is 0.295 e. The van der Waals surface area contributed by atoms with Crippen molar-refractivity contribution in [2.75, 3.05) is 5.32 Å². The monoisotopic (exact) mass is 330 g/mol. The summed E-state index contributed by atoms with van der Waals surface area (Å²) >= 11 is 5.67. The summed E-state index contributed by atoms with van der Waals surface area (Å²) in [6.07, 6.45) is 0.520. The molecule has 5 nitrogen and oxygen atoms in total. The first-order valence-corrected chi connectivity index (χ1v) is 7.22. The zero-order chi connectivity index (χ0) is 16.2. The summed E-state index contributed by atoms with van der Waals surface area (Å²) in [5, 5.41) is 8.90. The number of aromatic amines is 1. The minimum Gasteiger partial charge on any atom is -0.317 e. The fourth-order valence-electron chi connectivity index (χ4n) is 2.04. The van der Waals surface area contributed by atoms with Gasteiger partial charge >= 0.3 is 0 Å². The van der Waals surface area contributed by atoms with Gasteiger partial charge in [-0.05, 0) is 17.7 Å². The van der Waals surface area contributed by atoms with Crippen LogP contribution in [0.1, 0.15) is 22.0 Å². The van der Waals surface area contributed by atoms with Crippen LogP contribution in [0.25, 0.3) is 0 Å². The molecule has 7 heteroatoms. The van der Waals surface area contributed by atoms with Crippen molar-refractivity contribution in [1.82, 2.24) is 15.2 Å². The quantitative estimate of drug-likeness (QED) is 0.769. The van der Waals surface area contributed by atoms with Gasteiger partial charge in [-0.15, -0.1) is 5.10 Å². The fourth-order valence-corrected chi connectivity index (χ4v) is 2.22. The minimum atomic E-state index is -0.692. The number of aromatic nitrogens is 3. The Balaban J connectivity index is 1.72. The van der Waals surface area contributed by atoms with Crippen LogP contribution in [0, 0.1) is 5.82 Å². The van der Waals surface area contributed by atoms with Crippen molar-refractivity contribution in [2.45, 2.75) is 6.42 Å². The summed E-state index contributed by atoms with van der Waals surface area (Å²) in [5.74, 6) is -0.812. The predicted molar refractivity (Wildman–Crippen MR) is 85.0 cm³/mol. The summed E-state index contributed by atoms with van der Waals surface area (Å²) in [7, 11) is 0. The Morgan fingerprint density at radius 2 is 1.96 bits per heavy atom. The van der Waals surface area contributed by atoms with Gasteiger partial charge in [-0.2, -0.15) is 0 Å². The lowest BCUT2D eigenvalue weighted by atomic mass is 10.1. The van der Waals surface area contributed by atoms with Gasteiger partial charge in [0.25, 0.3) is 5.91 Å². The maximum absolute atomic E-state index is 13.8. The van der Waals surface area contributed by atoms with Crippen molar-refractivity contribution in [2.24, 2.45) is 0 Å². The smallest absolute Gasteiger partial charge is 0.295 e. The van der Waals surface area contributed by atoms with E-state index in [9.17, 15) is 9.18 Å². The van der Waals surface area contributed by atoms with Gasteiger partial charge in [0.15, 0.2) is 5.82 Å². The molecule has 0 atom stereocenters. The van der Waals surface area contributed by atoms with Crippen LogP contribution >= 0.6 is 11.6 Å². The van der Waals surface area contributed by atoms with Crippen LogP contribution in [0.4, 0.5) is 10.1 Å². The van der Waals surface area contributed by atoms with Crippen molar-refractivity contribution in [1.29, 1.82) is 0 Å². The van der Waals surface area contributed by atoms with Crippen LogP contribution < -0.4 is 5.32 Å². The van der Waals surface area contributed by atoms with E-state index in [1.165, 1.54) is 12.1 Å². The summed E-state index contributed by atoms with van der Waals surface area (Å²) in [6.45, 7) is 0. The lowest BCUT2D eigenvalue weighted by Crippen LogP contribution is -2.15. The molecule has 2 N–H and O–H groups in total. The molecule has 0 bridgehead atoms. The normalized spacial score (nSPS) is 10.5. The van der Waals surface area contributed by atoms with E-state index in [4.69, 9.17) is 11.6 Å². The predicted octanol–water partition coefficient (Wildman–Crippen LogP) is 3.44. The Morgan fingerprint density at radius 1 is 1.17 bits per heavy atom. The van der Waals surface area contributed by atoms with E-state index in [-0.39, 0.29) is 16.5 Å². The number of amides is 1. The number of nitrogens with zero attached hydrogens (tertiary/aromatic N) is 2. The molecule has 0 radical (unpaired) electrons. The van der Waals surface area contributed by atoms with E-state index in [0.717, 1.165) is 5.56 Å². The van der Waals surface area contributed by atoms with Gasteiger partial charge in [0.2, 0.25) is 5.82 Å². The number of carbonyl (C=O) groups excluding carboxylic acids is 1. The van der Waals surface area contributed by atoms with E-state index < -0.39 is 11.7 Å². The first-order chi connectivity index (χ1) is 11.1. The minimum absolute atomic E-state index is 0.0168. The number of hydrogen-bond donors (Lipinski definition) is 2. The molecule has 0 unspecified atom stereocenters. The molecule has 1 aromatic heterocycles. The van der Waals surface area contributed by atoms with E-state index >= 15 is 0 Å². The van der Waals surface area contributed by atoms with Gasteiger partial charge in [-0.1, -0.05) is 48.0 Å². The Kier molecular flexibility index (Phi) is 4.34. The van der Waals surface area contributed by atoms with Crippen molar-refractivity contribution < 1.29 is 9.18 Å². The molecule has 3 aromatic rings. The summed E-state index contributed by atoms with van der Waals surface area (Å²) in [5.41, 5.74) is 1.02. The number of H-pyrrole nitrogens is 1. The van der Waals surface area contributed by atoms with Crippen LogP contribution in [0.5, 0.6) is 0 Å². The zero-order valence-electron chi connectivity index (χ0n) is 11.9. The zero-order valence-corrected chi connectivity index (χ0v) is 12.6. The number of benzene rings is 2. The number of carbonyl (C=O) groups is 1. The summed E-state index contributed by atoms with van der Waals surface area (Å²) < 4.78 is 13.8. The molecule has 0 saturated carbocycles. The molecule has 0 aliphatic heterocycles. The number of rotatable bonds is 4. The standard InChI is InChI=1S/C16H12ClFN4O/c17-11-7-4-8-12(14(11)18)19-16(23)15-20-13(21-22-15)9-10-5-2-1-3-6-10/h1-8H,9H2,(H,19,23)(H,20,21,22). The highest BCUT2D eigenvalue weighted by Crippen LogP contribution is 2.22. The van der Waals surface area contributed by atoms with Gasteiger partial charge in [-0.3, -0.25) is 9.89 Å². The number of nitrogens with one attached hydrogen (secondary N) is 2. The molecule has 0 spiro atoms. The summed E-state index contributed by atoms with van der Waals surface area (Å²) in [6, 6.07) is 14.0. The Morgan fingerprint density at radius 3 is 2.74 bits per heavy atom. The number of anilines is 1. The largest absolute Gasteiger partial charge is 0.317 e. The second-order valence-electron chi connectivity index (χ2n) is 4.82. The van der Waals surface area contributed by atoms with Gasteiger partial charge in [0.05, 0.1) is 10.7 Å². The molecule has 23 heavy (non-hydrogen) atoms. The molecule has 0 fully saturated rings. The van der Waals surface area contributed by atoms with Crippen molar-refractivity contribution in [3.63, 3.8) is 0 Å². The van der Waals surface area contributed by atoms with Gasteiger partial charge in [0.1, 0.15) is 5.82 Å². The molecule has 116 valence electrons. The molecular formula is C16H12ClFN4O. The molecule has 1 heterocycles. The number of halogens is 2. The molecule has 1 amide bonds. The Labute approximate surface area is 136 Å². The lowest BCUT2D eigenvalue weighted by Gasteiger charge is -2.04. The first-order valence-electron chi connectivity index (χ1n) is 6.84. The van der Waals surface area contributed by atoms with Gasteiger partial charge < -0.3 is 5.32 Å². The lowest BCUT2D eigenvalue weighted by molar-refractivity contribution is 0.101. The van der Waals surface area contributed by atoms with Gasteiger partial charge in [0, 0.05) is 6.42 Å². The third-order valence-electron chi connectivity index (χ3n) is 3.15. The molecule has 2 aromatic carbocycles. The highest BCUT2D eigenvalue weighted by Gasteiger charge is 2.15. The molecule has 0 aliphatic carbocycles. The van der Waals surface area contributed by atoms with E-state index in [1.807, 2.05) is 30.3 Å². The van der Waals surface area contributed by atoms with Crippen LogP contribution in [0.3, 0.4) is 0 Å². The highest BCUT2D eigenvalue weighted by atomic mass is 35.5. The molecule has 0 saturated heterocycles. The third-order valence-corrected chi connectivity index (χ3v) is 3.44. The fraction of sp³-hybridized carbons (Fsp3) is 0.0625. The number of hydrogen-bond acceptors (Lipinski definition) is 3. The molecule has 0 aliphatic rings. The van der Waals surface area contributed by atoms with Crippen LogP contribution in [-0.2, 0) is 6.42 Å². The third kappa shape index (κ3) is 3.54. The second-order valence-corrected chi connectivity index (χ2v) is 5.23. The van der Waals surface area contributed by atoms with Crippen LogP contribution in [0.2, 0.25) is 5.02 Å². The Hall–Kier alpha value is -2.73. The first kappa shape index (κ1) is 15.2. The van der Waals surface area contributed by atoms with E-state index in [2.05, 4.69) is 20.5 Å². The topological polar surface area (TPSA) is 70.7 Å². The van der Waals surface area contributed by atoms with Crippen LogP contribution in [-0.4, -0.2) is 21.1 Å². The van der Waals surface area contributed by atoms with Crippen LogP contribution in [0.15, 0.2) is 48.5 Å². The van der Waals surface area contributed by atoms with E-state index in [0.29, 0.717) is 12.2 Å². The van der Waals surface area contributed by atoms with E-state index in [1.54, 1.807) is 6.07 Å². The molecular weight excluding hydrogens is 319 g/mol. The maximum atomic E-state index is 13.8. The highest BCUT2D eigenvalue weighted by molar-refractivity contribution is 6.31. The van der Waals surface area contributed by atoms with Crippen molar-refractivity contribution >= 4 is 23.2 Å². The SMILES string of the molecule is O=C(Nc1cccc(Cl)c1F)c1n[nH]c(Cc2ccccc2)n1. The molecule has 3 rings (SSSR count).